The number of hydrogen-bond acceptors (Lipinski definition) is 3. The molecule has 0 radical (unpaired) electrons. The predicted octanol–water partition coefficient (Wildman–Crippen LogP) is 2.86. The van der Waals surface area contributed by atoms with Crippen molar-refractivity contribution in [3.05, 3.63) is 35.4 Å². The molecule has 1 aromatic rings. The Kier molecular flexibility index (Phi) is 5.98. The van der Waals surface area contributed by atoms with Gasteiger partial charge in [-0.1, -0.05) is 30.7 Å². The van der Waals surface area contributed by atoms with Crippen LogP contribution in [0.15, 0.2) is 29.3 Å². The van der Waals surface area contributed by atoms with Gasteiger partial charge in [-0.3, -0.25) is 9.89 Å². The number of nitrogens with one attached hydrogen (secondary N) is 1. The lowest BCUT2D eigenvalue weighted by Gasteiger charge is -2.26. The van der Waals surface area contributed by atoms with E-state index in [-0.39, 0.29) is 0 Å². The lowest BCUT2D eigenvalue weighted by atomic mass is 9.87. The first kappa shape index (κ1) is 18.8. The Hall–Kier alpha value is -1.59. The number of piperidine rings is 1. The average molecular weight is 371 g/mol. The first-order chi connectivity index (χ1) is 13.3. The zero-order valence-corrected chi connectivity index (χ0v) is 16.8. The molecule has 5 heteroatoms. The third kappa shape index (κ3) is 4.64. The number of rotatable bonds is 4. The highest BCUT2D eigenvalue weighted by atomic mass is 16.5. The van der Waals surface area contributed by atoms with Crippen molar-refractivity contribution in [3.8, 4) is 0 Å². The highest BCUT2D eigenvalue weighted by molar-refractivity contribution is 5.80. The molecule has 1 N–H and O–H groups in total. The van der Waals surface area contributed by atoms with E-state index in [1.807, 2.05) is 7.05 Å². The van der Waals surface area contributed by atoms with Crippen LogP contribution in [0.1, 0.15) is 43.2 Å². The molecule has 1 aromatic carbocycles. The van der Waals surface area contributed by atoms with Crippen LogP contribution < -0.4 is 5.32 Å². The summed E-state index contributed by atoms with van der Waals surface area (Å²) in [5.74, 6) is 1.02. The minimum absolute atomic E-state index is 0.369. The van der Waals surface area contributed by atoms with E-state index in [2.05, 4.69) is 44.4 Å². The average Bonchev–Trinajstić information content (AvgIpc) is 3.34. The Morgan fingerprint density at radius 1 is 1.07 bits per heavy atom. The fourth-order valence-electron chi connectivity index (χ4n) is 4.74. The number of ether oxygens (including phenoxy) is 1. The van der Waals surface area contributed by atoms with Gasteiger partial charge in [-0.25, -0.2) is 0 Å². The van der Waals surface area contributed by atoms with Gasteiger partial charge in [0, 0.05) is 45.2 Å². The summed E-state index contributed by atoms with van der Waals surface area (Å²) in [7, 11) is 1.89. The summed E-state index contributed by atoms with van der Waals surface area (Å²) in [6.07, 6.45) is 6.52. The van der Waals surface area contributed by atoms with Crippen LogP contribution in [0, 0.1) is 5.41 Å². The van der Waals surface area contributed by atoms with Gasteiger partial charge in [-0.15, -0.1) is 0 Å². The van der Waals surface area contributed by atoms with Crippen LogP contribution in [0.5, 0.6) is 0 Å². The summed E-state index contributed by atoms with van der Waals surface area (Å²) in [6.45, 7) is 8.41. The van der Waals surface area contributed by atoms with Gasteiger partial charge in [-0.05, 0) is 49.9 Å². The van der Waals surface area contributed by atoms with Crippen LogP contribution in [0.3, 0.4) is 0 Å². The molecule has 3 saturated heterocycles. The van der Waals surface area contributed by atoms with Crippen LogP contribution in [0.4, 0.5) is 0 Å². The maximum Gasteiger partial charge on any atom is 0.193 e. The van der Waals surface area contributed by atoms with Crippen LogP contribution in [-0.2, 0) is 17.8 Å². The monoisotopic (exact) mass is 370 g/mol. The smallest absolute Gasteiger partial charge is 0.193 e. The predicted molar refractivity (Wildman–Crippen MR) is 110 cm³/mol. The summed E-state index contributed by atoms with van der Waals surface area (Å²) in [4.78, 5) is 9.50. The van der Waals surface area contributed by atoms with E-state index in [1.165, 1.54) is 56.3 Å². The molecular formula is C22H34N4O. The SMILES string of the molecule is CN=C(NCc1ccc(CN2CCCCC2)cc1)N1CCC2(CCOC2)C1. The lowest BCUT2D eigenvalue weighted by Crippen LogP contribution is -2.41. The van der Waals surface area contributed by atoms with Crippen molar-refractivity contribution in [2.45, 2.75) is 45.2 Å². The summed E-state index contributed by atoms with van der Waals surface area (Å²) in [6, 6.07) is 9.09. The minimum atomic E-state index is 0.369. The molecule has 3 aliphatic heterocycles. The van der Waals surface area contributed by atoms with Gasteiger partial charge in [0.1, 0.15) is 0 Å². The highest BCUT2D eigenvalue weighted by Crippen LogP contribution is 2.38. The van der Waals surface area contributed by atoms with Crippen molar-refractivity contribution >= 4 is 5.96 Å². The second kappa shape index (κ2) is 8.61. The van der Waals surface area contributed by atoms with Gasteiger partial charge >= 0.3 is 0 Å². The van der Waals surface area contributed by atoms with Crippen LogP contribution in [0.2, 0.25) is 0 Å². The van der Waals surface area contributed by atoms with Gasteiger partial charge in [0.2, 0.25) is 0 Å². The second-order valence-electron chi connectivity index (χ2n) is 8.53. The van der Waals surface area contributed by atoms with Crippen molar-refractivity contribution < 1.29 is 4.74 Å². The Morgan fingerprint density at radius 2 is 1.85 bits per heavy atom. The molecule has 0 amide bonds. The van der Waals surface area contributed by atoms with E-state index in [1.54, 1.807) is 0 Å². The molecule has 4 rings (SSSR count). The van der Waals surface area contributed by atoms with Crippen LogP contribution in [-0.4, -0.2) is 62.2 Å². The quantitative estimate of drug-likeness (QED) is 0.654. The molecule has 3 fully saturated rings. The van der Waals surface area contributed by atoms with Gasteiger partial charge in [0.25, 0.3) is 0 Å². The maximum atomic E-state index is 5.65. The third-order valence-electron chi connectivity index (χ3n) is 6.46. The van der Waals surface area contributed by atoms with Crippen molar-refractivity contribution in [3.63, 3.8) is 0 Å². The maximum absolute atomic E-state index is 5.65. The molecule has 148 valence electrons. The largest absolute Gasteiger partial charge is 0.381 e. The number of nitrogens with zero attached hydrogens (tertiary/aromatic N) is 3. The van der Waals surface area contributed by atoms with Gasteiger partial charge in [0.05, 0.1) is 6.61 Å². The normalized spacial score (nSPS) is 26.9. The molecular weight excluding hydrogens is 336 g/mol. The molecule has 0 bridgehead atoms. The highest BCUT2D eigenvalue weighted by Gasteiger charge is 2.42. The molecule has 1 atom stereocenters. The van der Waals surface area contributed by atoms with E-state index in [9.17, 15) is 0 Å². The van der Waals surface area contributed by atoms with Crippen molar-refractivity contribution in [1.29, 1.82) is 0 Å². The molecule has 0 aliphatic carbocycles. The molecule has 3 heterocycles. The Balaban J connectivity index is 1.27. The molecule has 3 aliphatic rings. The van der Waals surface area contributed by atoms with Gasteiger partial charge in [-0.2, -0.15) is 0 Å². The molecule has 5 nitrogen and oxygen atoms in total. The van der Waals surface area contributed by atoms with E-state index >= 15 is 0 Å². The molecule has 1 spiro atoms. The number of likely N-dealkylation sites (tertiary alicyclic amines) is 2. The summed E-state index contributed by atoms with van der Waals surface area (Å²) in [5.41, 5.74) is 3.11. The first-order valence-electron chi connectivity index (χ1n) is 10.6. The summed E-state index contributed by atoms with van der Waals surface area (Å²) < 4.78 is 5.65. The fourth-order valence-corrected chi connectivity index (χ4v) is 4.74. The zero-order chi connectivity index (χ0) is 18.5. The molecule has 1 unspecified atom stereocenters. The van der Waals surface area contributed by atoms with E-state index < -0.39 is 0 Å². The number of hydrogen-bond donors (Lipinski definition) is 1. The molecule has 27 heavy (non-hydrogen) atoms. The topological polar surface area (TPSA) is 40.1 Å². The van der Waals surface area contributed by atoms with Crippen molar-refractivity contribution in [2.24, 2.45) is 10.4 Å². The van der Waals surface area contributed by atoms with Crippen LogP contribution in [0.25, 0.3) is 0 Å². The Bertz CT molecular complexity index is 630. The first-order valence-corrected chi connectivity index (χ1v) is 10.6. The minimum Gasteiger partial charge on any atom is -0.381 e. The van der Waals surface area contributed by atoms with Crippen molar-refractivity contribution in [1.82, 2.24) is 15.1 Å². The number of benzene rings is 1. The summed E-state index contributed by atoms with van der Waals surface area (Å²) in [5, 5.41) is 3.56. The third-order valence-corrected chi connectivity index (χ3v) is 6.46. The van der Waals surface area contributed by atoms with Crippen molar-refractivity contribution in [2.75, 3.05) is 46.4 Å². The van der Waals surface area contributed by atoms with E-state index in [4.69, 9.17) is 4.74 Å². The van der Waals surface area contributed by atoms with E-state index in [0.717, 1.165) is 45.4 Å². The number of aliphatic imine (C=N–C) groups is 1. The lowest BCUT2D eigenvalue weighted by molar-refractivity contribution is 0.156. The van der Waals surface area contributed by atoms with E-state index in [0.29, 0.717) is 5.41 Å². The standard InChI is InChI=1S/C22H34N4O/c1-23-21(26-13-9-22(17-26)10-14-27-18-22)24-15-19-5-7-20(8-6-19)16-25-11-3-2-4-12-25/h5-8H,2-4,9-18H2,1H3,(H,23,24). The van der Waals surface area contributed by atoms with Gasteiger partial charge < -0.3 is 15.0 Å². The van der Waals surface area contributed by atoms with Gasteiger partial charge in [0.15, 0.2) is 5.96 Å². The molecule has 0 saturated carbocycles. The molecule has 0 aromatic heterocycles. The Labute approximate surface area is 163 Å². The second-order valence-corrected chi connectivity index (χ2v) is 8.53. The fraction of sp³-hybridized carbons (Fsp3) is 0.682. The summed E-state index contributed by atoms with van der Waals surface area (Å²) >= 11 is 0. The van der Waals surface area contributed by atoms with Crippen LogP contribution >= 0.6 is 0 Å². The Morgan fingerprint density at radius 3 is 2.56 bits per heavy atom. The zero-order valence-electron chi connectivity index (χ0n) is 16.8. The number of guanidine groups is 1.